The van der Waals surface area contributed by atoms with E-state index in [4.69, 9.17) is 9.52 Å². The summed E-state index contributed by atoms with van der Waals surface area (Å²) in [5.74, 6) is -1.56. The first-order valence-electron chi connectivity index (χ1n) is 8.44. The molecule has 1 saturated heterocycles. The summed E-state index contributed by atoms with van der Waals surface area (Å²) in [7, 11) is 0. The molecule has 3 aromatic rings. The lowest BCUT2D eigenvalue weighted by atomic mass is 10.1. The van der Waals surface area contributed by atoms with Gasteiger partial charge in [-0.2, -0.15) is 5.10 Å². The van der Waals surface area contributed by atoms with Crippen LogP contribution in [0, 0.1) is 0 Å². The molecule has 1 amide bonds. The number of carbonyl (C=O) groups is 2. The van der Waals surface area contributed by atoms with Crippen LogP contribution in [0.15, 0.2) is 34.7 Å². The largest absolute Gasteiger partial charge is 0.475 e. The number of hydrogen-bond donors (Lipinski definition) is 3. The number of carbonyl (C=O) groups excluding carboxylic acids is 1. The molecule has 1 fully saturated rings. The number of carboxylic acid groups (broad SMARTS) is 1. The van der Waals surface area contributed by atoms with Crippen molar-refractivity contribution in [3.63, 3.8) is 0 Å². The number of aromatic amines is 1. The Morgan fingerprint density at radius 2 is 1.96 bits per heavy atom. The highest BCUT2D eigenvalue weighted by atomic mass is 16.4. The van der Waals surface area contributed by atoms with E-state index in [1.165, 1.54) is 24.5 Å². The molecule has 0 aliphatic carbocycles. The van der Waals surface area contributed by atoms with Gasteiger partial charge in [0.2, 0.25) is 5.76 Å². The molecule has 1 aromatic carbocycles. The molecule has 2 aromatic heterocycles. The van der Waals surface area contributed by atoms with Crippen LogP contribution in [0.3, 0.4) is 0 Å². The fraction of sp³-hybridized carbons (Fsp3) is 0.278. The van der Waals surface area contributed by atoms with Crippen LogP contribution in [0.2, 0.25) is 0 Å². The van der Waals surface area contributed by atoms with E-state index in [2.05, 4.69) is 20.4 Å². The molecule has 0 saturated carbocycles. The van der Waals surface area contributed by atoms with Gasteiger partial charge in [-0.05, 0) is 43.6 Å². The zero-order valence-corrected chi connectivity index (χ0v) is 14.0. The highest BCUT2D eigenvalue weighted by Gasteiger charge is 2.18. The molecule has 0 atom stereocenters. The third kappa shape index (κ3) is 3.18. The average Bonchev–Trinajstić information content (AvgIpc) is 3.34. The molecule has 8 heteroatoms. The Labute approximate surface area is 148 Å². The first-order chi connectivity index (χ1) is 12.6. The molecule has 1 aliphatic heterocycles. The number of amides is 1. The maximum atomic E-state index is 12.4. The zero-order valence-electron chi connectivity index (χ0n) is 14.0. The van der Waals surface area contributed by atoms with Crippen LogP contribution in [-0.4, -0.2) is 45.2 Å². The van der Waals surface area contributed by atoms with Crippen molar-refractivity contribution in [2.75, 3.05) is 18.4 Å². The quantitative estimate of drug-likeness (QED) is 0.649. The van der Waals surface area contributed by atoms with Gasteiger partial charge in [-0.25, -0.2) is 4.79 Å². The third-order valence-electron chi connectivity index (χ3n) is 4.50. The standard InChI is InChI=1S/C18H18N4O4/c23-17(12-5-3-11(4-6-12)10-22-7-1-2-8-22)19-16-15-13(20-21-16)9-14(26-15)18(24)25/h3-6,9H,1-2,7-8,10H2,(H,24,25)(H2,19,20,21,23). The van der Waals surface area contributed by atoms with E-state index in [-0.39, 0.29) is 23.1 Å². The fourth-order valence-corrected chi connectivity index (χ4v) is 3.15. The summed E-state index contributed by atoms with van der Waals surface area (Å²) in [4.78, 5) is 25.8. The number of aromatic carboxylic acids is 1. The lowest BCUT2D eigenvalue weighted by Crippen LogP contribution is -2.18. The lowest BCUT2D eigenvalue weighted by Gasteiger charge is -2.14. The average molecular weight is 354 g/mol. The van der Waals surface area contributed by atoms with Gasteiger partial charge in [0.05, 0.1) is 0 Å². The minimum absolute atomic E-state index is 0.165. The van der Waals surface area contributed by atoms with Crippen LogP contribution < -0.4 is 5.32 Å². The summed E-state index contributed by atoms with van der Waals surface area (Å²) in [5, 5.41) is 18.2. The van der Waals surface area contributed by atoms with Gasteiger partial charge in [0.15, 0.2) is 11.4 Å². The number of anilines is 1. The van der Waals surface area contributed by atoms with E-state index in [0.717, 1.165) is 19.6 Å². The molecule has 3 heterocycles. The SMILES string of the molecule is O=C(Nc1n[nH]c2cc(C(=O)O)oc12)c1ccc(CN2CCCC2)cc1. The summed E-state index contributed by atoms with van der Waals surface area (Å²) in [6.07, 6.45) is 2.49. The first-order valence-corrected chi connectivity index (χ1v) is 8.44. The second-order valence-corrected chi connectivity index (χ2v) is 6.37. The van der Waals surface area contributed by atoms with Crippen molar-refractivity contribution in [2.24, 2.45) is 0 Å². The number of H-pyrrole nitrogens is 1. The van der Waals surface area contributed by atoms with Gasteiger partial charge in [-0.15, -0.1) is 0 Å². The van der Waals surface area contributed by atoms with Crippen molar-refractivity contribution in [2.45, 2.75) is 19.4 Å². The van der Waals surface area contributed by atoms with Gasteiger partial charge in [-0.1, -0.05) is 12.1 Å². The fourth-order valence-electron chi connectivity index (χ4n) is 3.15. The van der Waals surface area contributed by atoms with E-state index in [0.29, 0.717) is 11.1 Å². The Morgan fingerprint density at radius 1 is 1.23 bits per heavy atom. The van der Waals surface area contributed by atoms with E-state index in [9.17, 15) is 9.59 Å². The number of nitrogens with zero attached hydrogens (tertiary/aromatic N) is 2. The summed E-state index contributed by atoms with van der Waals surface area (Å²) >= 11 is 0. The number of benzene rings is 1. The molecular weight excluding hydrogens is 336 g/mol. The van der Waals surface area contributed by atoms with Crippen molar-refractivity contribution in [1.82, 2.24) is 15.1 Å². The Morgan fingerprint density at radius 3 is 2.65 bits per heavy atom. The van der Waals surface area contributed by atoms with Gasteiger partial charge in [0, 0.05) is 18.2 Å². The minimum Gasteiger partial charge on any atom is -0.475 e. The Bertz CT molecular complexity index is 951. The summed E-state index contributed by atoms with van der Waals surface area (Å²) in [6.45, 7) is 3.14. The van der Waals surface area contributed by atoms with Crippen LogP contribution in [0.5, 0.6) is 0 Å². The normalized spacial score (nSPS) is 14.8. The van der Waals surface area contributed by atoms with Crippen molar-refractivity contribution in [3.8, 4) is 0 Å². The monoisotopic (exact) mass is 354 g/mol. The number of rotatable bonds is 5. The Kier molecular flexibility index (Phi) is 4.18. The molecule has 26 heavy (non-hydrogen) atoms. The van der Waals surface area contributed by atoms with Crippen LogP contribution in [0.1, 0.15) is 39.3 Å². The van der Waals surface area contributed by atoms with Crippen molar-refractivity contribution >= 4 is 28.8 Å². The molecule has 0 spiro atoms. The minimum atomic E-state index is -1.18. The molecule has 8 nitrogen and oxygen atoms in total. The van der Waals surface area contributed by atoms with Gasteiger partial charge in [0.25, 0.3) is 5.91 Å². The topological polar surface area (TPSA) is 111 Å². The molecule has 134 valence electrons. The van der Waals surface area contributed by atoms with E-state index in [1.807, 2.05) is 12.1 Å². The molecule has 1 aliphatic rings. The smallest absolute Gasteiger partial charge is 0.371 e. The van der Waals surface area contributed by atoms with Crippen LogP contribution in [0.4, 0.5) is 5.82 Å². The first kappa shape index (κ1) is 16.3. The molecule has 0 bridgehead atoms. The summed E-state index contributed by atoms with van der Waals surface area (Å²) < 4.78 is 5.22. The Balaban J connectivity index is 1.46. The van der Waals surface area contributed by atoms with Crippen LogP contribution >= 0.6 is 0 Å². The second-order valence-electron chi connectivity index (χ2n) is 6.37. The predicted octanol–water partition coefficient (Wildman–Crippen LogP) is 2.70. The number of hydrogen-bond acceptors (Lipinski definition) is 5. The Hall–Kier alpha value is -3.13. The lowest BCUT2D eigenvalue weighted by molar-refractivity contribution is 0.0665. The van der Waals surface area contributed by atoms with Gasteiger partial charge >= 0.3 is 5.97 Å². The predicted molar refractivity (Wildman–Crippen MR) is 94.2 cm³/mol. The van der Waals surface area contributed by atoms with Crippen molar-refractivity contribution in [1.29, 1.82) is 0 Å². The van der Waals surface area contributed by atoms with E-state index >= 15 is 0 Å². The van der Waals surface area contributed by atoms with E-state index < -0.39 is 5.97 Å². The van der Waals surface area contributed by atoms with Crippen LogP contribution in [0.25, 0.3) is 11.1 Å². The number of nitrogens with one attached hydrogen (secondary N) is 2. The number of aromatic nitrogens is 2. The maximum absolute atomic E-state index is 12.4. The molecule has 0 radical (unpaired) electrons. The third-order valence-corrected chi connectivity index (χ3v) is 4.50. The highest BCUT2D eigenvalue weighted by molar-refractivity contribution is 6.07. The summed E-state index contributed by atoms with van der Waals surface area (Å²) in [5.41, 5.74) is 2.29. The molecular formula is C18H18N4O4. The second kappa shape index (κ2) is 6.64. The maximum Gasteiger partial charge on any atom is 0.371 e. The number of carboxylic acids is 1. The molecule has 0 unspecified atom stereocenters. The van der Waals surface area contributed by atoms with Crippen molar-refractivity contribution in [3.05, 3.63) is 47.2 Å². The zero-order chi connectivity index (χ0) is 18.1. The van der Waals surface area contributed by atoms with Crippen molar-refractivity contribution < 1.29 is 19.1 Å². The number of likely N-dealkylation sites (tertiary alicyclic amines) is 1. The van der Waals surface area contributed by atoms with Gasteiger partial charge < -0.3 is 14.8 Å². The number of furan rings is 1. The van der Waals surface area contributed by atoms with Gasteiger partial charge in [0.1, 0.15) is 5.52 Å². The van der Waals surface area contributed by atoms with Gasteiger partial charge in [-0.3, -0.25) is 14.8 Å². The van der Waals surface area contributed by atoms with Crippen LogP contribution in [-0.2, 0) is 6.54 Å². The molecule has 3 N–H and O–H groups in total. The summed E-state index contributed by atoms with van der Waals surface area (Å²) in [6, 6.07) is 8.77. The molecule has 4 rings (SSSR count). The van der Waals surface area contributed by atoms with E-state index in [1.54, 1.807) is 12.1 Å². The highest BCUT2D eigenvalue weighted by Crippen LogP contribution is 2.24. The number of fused-ring (bicyclic) bond motifs is 1.